The smallest absolute Gasteiger partial charge is 0.418 e. The molecule has 0 radical (unpaired) electrons. The van der Waals surface area contributed by atoms with Crippen LogP contribution in [0.1, 0.15) is 31.4 Å². The first-order chi connectivity index (χ1) is 16.0. The van der Waals surface area contributed by atoms with Crippen LogP contribution in [0.2, 0.25) is 0 Å². The van der Waals surface area contributed by atoms with Gasteiger partial charge in [-0.2, -0.15) is 13.2 Å². The second-order valence-electron chi connectivity index (χ2n) is 7.74. The highest BCUT2D eigenvalue weighted by molar-refractivity contribution is 7.26. The summed E-state index contributed by atoms with van der Waals surface area (Å²) in [7, 11) is 1.36. The maximum atomic E-state index is 14.2. The van der Waals surface area contributed by atoms with Crippen LogP contribution in [0.5, 0.6) is 11.5 Å². The summed E-state index contributed by atoms with van der Waals surface area (Å²) in [5.74, 6) is -0.965. The first-order valence-corrected chi connectivity index (χ1v) is 11.1. The van der Waals surface area contributed by atoms with Crippen molar-refractivity contribution in [3.63, 3.8) is 0 Å². The summed E-state index contributed by atoms with van der Waals surface area (Å²) in [4.78, 5) is 23.5. The molecule has 3 aromatic rings. The Morgan fingerprint density at radius 1 is 0.971 bits per heavy atom. The van der Waals surface area contributed by atoms with E-state index in [0.29, 0.717) is 15.5 Å². The number of alkyl halides is 3. The first-order valence-electron chi connectivity index (χ1n) is 10.3. The maximum absolute atomic E-state index is 14.2. The molecule has 0 unspecified atom stereocenters. The number of rotatable bonds is 8. The molecule has 0 N–H and O–H groups in total. The second-order valence-corrected chi connectivity index (χ2v) is 8.76. The summed E-state index contributed by atoms with van der Waals surface area (Å²) in [6.45, 7) is 9.98. The topological polar surface area (TPSA) is 61.8 Å². The van der Waals surface area contributed by atoms with Crippen LogP contribution in [0.3, 0.4) is 0 Å². The Bertz CT molecular complexity index is 1300. The highest BCUT2D eigenvalue weighted by Crippen LogP contribution is 2.48. The van der Waals surface area contributed by atoms with E-state index in [4.69, 9.17) is 14.2 Å². The predicted octanol–water partition coefficient (Wildman–Crippen LogP) is 6.62. The molecule has 0 saturated heterocycles. The average Bonchev–Trinajstić information content (AvgIpc) is 3.13. The number of hydrogen-bond acceptors (Lipinski definition) is 6. The lowest BCUT2D eigenvalue weighted by Gasteiger charge is -2.14. The Morgan fingerprint density at radius 3 is 2.18 bits per heavy atom. The van der Waals surface area contributed by atoms with Crippen molar-refractivity contribution in [2.75, 3.05) is 13.7 Å². The minimum Gasteiger partial charge on any atom is -0.491 e. The van der Waals surface area contributed by atoms with Crippen molar-refractivity contribution in [2.24, 2.45) is 0 Å². The molecule has 0 bridgehead atoms. The lowest BCUT2D eigenvalue weighted by Crippen LogP contribution is -2.11. The maximum Gasteiger partial charge on any atom is 0.418 e. The summed E-state index contributed by atoms with van der Waals surface area (Å²) in [5, 5.41) is 0.972. The molecule has 9 heteroatoms. The largest absolute Gasteiger partial charge is 0.491 e. The lowest BCUT2D eigenvalue weighted by molar-refractivity contribution is -0.139. The van der Waals surface area contributed by atoms with Gasteiger partial charge in [-0.15, -0.1) is 11.3 Å². The van der Waals surface area contributed by atoms with E-state index in [1.165, 1.54) is 33.1 Å². The van der Waals surface area contributed by atoms with Gasteiger partial charge in [0.05, 0.1) is 24.0 Å². The zero-order chi connectivity index (χ0) is 25.2. The van der Waals surface area contributed by atoms with Gasteiger partial charge >= 0.3 is 18.1 Å². The third kappa shape index (κ3) is 5.09. The standard InChI is InChI=1S/C25H23F3O5S/c1-13(2)23(29)32-12-6-7-15-8-9-16-17-10-11-18(33-24(30)14(3)4)20(31-5)22(17)34-21(16)19(15)25(26,27)28/h8-11H,1,3,6-7,12H2,2,4-5H3. The van der Waals surface area contributed by atoms with Crippen LogP contribution in [0.25, 0.3) is 20.2 Å². The van der Waals surface area contributed by atoms with Crippen molar-refractivity contribution < 1.29 is 37.0 Å². The van der Waals surface area contributed by atoms with Crippen molar-refractivity contribution >= 4 is 43.4 Å². The summed E-state index contributed by atoms with van der Waals surface area (Å²) in [5.41, 5.74) is -0.230. The minimum absolute atomic E-state index is 0.0152. The Morgan fingerprint density at radius 2 is 1.59 bits per heavy atom. The number of hydrogen-bond donors (Lipinski definition) is 0. The first kappa shape index (κ1) is 25.3. The summed E-state index contributed by atoms with van der Waals surface area (Å²) in [6, 6.07) is 6.18. The molecular weight excluding hydrogens is 469 g/mol. The van der Waals surface area contributed by atoms with Gasteiger partial charge in [-0.1, -0.05) is 25.3 Å². The van der Waals surface area contributed by atoms with E-state index in [1.54, 1.807) is 12.1 Å². The molecule has 0 spiro atoms. The Hall–Kier alpha value is -3.33. The number of ether oxygens (including phenoxy) is 3. The van der Waals surface area contributed by atoms with Crippen LogP contribution < -0.4 is 9.47 Å². The highest BCUT2D eigenvalue weighted by atomic mass is 32.1. The fraction of sp³-hybridized carbons (Fsp3) is 0.280. The van der Waals surface area contributed by atoms with Crippen LogP contribution in [0.4, 0.5) is 13.2 Å². The van der Waals surface area contributed by atoms with E-state index in [9.17, 15) is 22.8 Å². The van der Waals surface area contributed by atoms with Crippen molar-refractivity contribution in [3.8, 4) is 11.5 Å². The fourth-order valence-corrected chi connectivity index (χ4v) is 4.84. The quantitative estimate of drug-likeness (QED) is 0.153. The predicted molar refractivity (Wildman–Crippen MR) is 125 cm³/mol. The van der Waals surface area contributed by atoms with Gasteiger partial charge in [0, 0.05) is 26.6 Å². The Kier molecular flexibility index (Phi) is 7.35. The van der Waals surface area contributed by atoms with E-state index >= 15 is 0 Å². The normalized spacial score (nSPS) is 11.5. The molecule has 0 saturated carbocycles. The van der Waals surface area contributed by atoms with E-state index in [2.05, 4.69) is 13.2 Å². The molecular formula is C25H23F3O5S. The number of halogens is 3. The highest BCUT2D eigenvalue weighted by Gasteiger charge is 2.36. The Labute approximate surface area is 198 Å². The average molecular weight is 493 g/mol. The van der Waals surface area contributed by atoms with Crippen molar-refractivity contribution in [3.05, 3.63) is 59.7 Å². The van der Waals surface area contributed by atoms with Gasteiger partial charge in [0.15, 0.2) is 11.5 Å². The minimum atomic E-state index is -4.60. The number of carbonyl (C=O) groups excluding carboxylic acids is 2. The molecule has 0 aliphatic rings. The van der Waals surface area contributed by atoms with E-state index in [1.807, 2.05) is 0 Å². The van der Waals surface area contributed by atoms with Crippen molar-refractivity contribution in [1.82, 2.24) is 0 Å². The van der Waals surface area contributed by atoms with Gasteiger partial charge in [0.2, 0.25) is 0 Å². The monoisotopic (exact) mass is 492 g/mol. The molecule has 0 atom stereocenters. The molecule has 0 aliphatic heterocycles. The summed E-state index contributed by atoms with van der Waals surface area (Å²) < 4.78 is 58.7. The van der Waals surface area contributed by atoms with Crippen molar-refractivity contribution in [2.45, 2.75) is 32.9 Å². The number of esters is 2. The molecule has 1 aromatic heterocycles. The van der Waals surface area contributed by atoms with Gasteiger partial charge in [-0.25, -0.2) is 9.59 Å². The number of carbonyl (C=O) groups is 2. The Balaban J connectivity index is 2.07. The SMILES string of the molecule is C=C(C)C(=O)OCCCc1ccc2c(sc3c(OC)c(OC(=O)C(=C)C)ccc32)c1C(F)(F)F. The van der Waals surface area contributed by atoms with Crippen molar-refractivity contribution in [1.29, 1.82) is 0 Å². The van der Waals surface area contributed by atoms with Gasteiger partial charge in [-0.05, 0) is 44.4 Å². The number of benzene rings is 2. The van der Waals surface area contributed by atoms with E-state index in [0.717, 1.165) is 11.3 Å². The van der Waals surface area contributed by atoms with Crippen LogP contribution in [-0.2, 0) is 26.9 Å². The molecule has 34 heavy (non-hydrogen) atoms. The summed E-state index contributed by atoms with van der Waals surface area (Å²) in [6.07, 6.45) is -4.31. The zero-order valence-electron chi connectivity index (χ0n) is 18.9. The molecule has 180 valence electrons. The van der Waals surface area contributed by atoms with E-state index in [-0.39, 0.29) is 52.4 Å². The molecule has 3 rings (SSSR count). The van der Waals surface area contributed by atoms with Gasteiger partial charge < -0.3 is 14.2 Å². The van der Waals surface area contributed by atoms with Crippen LogP contribution in [-0.4, -0.2) is 25.7 Å². The molecule has 2 aromatic carbocycles. The third-order valence-corrected chi connectivity index (χ3v) is 6.26. The van der Waals surface area contributed by atoms with E-state index < -0.39 is 23.7 Å². The number of aryl methyl sites for hydroxylation is 1. The second kappa shape index (κ2) is 9.89. The number of thiophene rings is 1. The molecule has 1 heterocycles. The summed E-state index contributed by atoms with van der Waals surface area (Å²) >= 11 is 0.923. The van der Waals surface area contributed by atoms with Gasteiger partial charge in [0.25, 0.3) is 0 Å². The molecule has 0 amide bonds. The molecule has 0 fully saturated rings. The van der Waals surface area contributed by atoms with Crippen LogP contribution in [0.15, 0.2) is 48.6 Å². The number of fused-ring (bicyclic) bond motifs is 3. The lowest BCUT2D eigenvalue weighted by atomic mass is 9.99. The van der Waals surface area contributed by atoms with Gasteiger partial charge in [-0.3, -0.25) is 0 Å². The van der Waals surface area contributed by atoms with Crippen LogP contribution in [0, 0.1) is 0 Å². The molecule has 5 nitrogen and oxygen atoms in total. The third-order valence-electron chi connectivity index (χ3n) is 5.03. The van der Waals surface area contributed by atoms with Gasteiger partial charge in [0.1, 0.15) is 0 Å². The zero-order valence-corrected chi connectivity index (χ0v) is 19.7. The molecule has 0 aliphatic carbocycles. The fourth-order valence-electron chi connectivity index (χ4n) is 3.43. The van der Waals surface area contributed by atoms with Crippen LogP contribution >= 0.6 is 11.3 Å². The number of methoxy groups -OCH3 is 1.